The summed E-state index contributed by atoms with van der Waals surface area (Å²) in [6.07, 6.45) is 9.08. The highest BCUT2D eigenvalue weighted by Crippen LogP contribution is 2.37. The van der Waals surface area contributed by atoms with Crippen molar-refractivity contribution in [1.29, 1.82) is 0 Å². The molecule has 4 fully saturated rings. The molecule has 4 heterocycles. The van der Waals surface area contributed by atoms with Gasteiger partial charge in [-0.1, -0.05) is 6.42 Å². The Kier molecular flexibility index (Phi) is 6.00. The van der Waals surface area contributed by atoms with E-state index < -0.39 is 17.6 Å². The van der Waals surface area contributed by atoms with E-state index in [4.69, 9.17) is 9.47 Å². The molecule has 1 aromatic heterocycles. The van der Waals surface area contributed by atoms with Crippen LogP contribution < -0.4 is 14.5 Å². The third-order valence-electron chi connectivity index (χ3n) is 8.24. The summed E-state index contributed by atoms with van der Waals surface area (Å²) in [4.78, 5) is 22.6. The molecule has 3 aliphatic heterocycles. The summed E-state index contributed by atoms with van der Waals surface area (Å²) in [5, 5.41) is 0. The predicted octanol–water partition coefficient (Wildman–Crippen LogP) is 4.61. The third-order valence-corrected chi connectivity index (χ3v) is 8.24. The SMILES string of the molecule is O=C1OC2(CCN(c3ccc(OC4CCN(C5CCC5)CC4)cc3)CC2)CN1c1ccnc(F)c1. The lowest BCUT2D eigenvalue weighted by molar-refractivity contribution is 0.0366. The summed E-state index contributed by atoms with van der Waals surface area (Å²) in [6.45, 7) is 4.34. The normalized spacial score (nSPS) is 23.4. The Labute approximate surface area is 205 Å². The van der Waals surface area contributed by atoms with Crippen molar-refractivity contribution >= 4 is 17.5 Å². The molecule has 3 saturated heterocycles. The fourth-order valence-corrected chi connectivity index (χ4v) is 5.85. The van der Waals surface area contributed by atoms with Gasteiger partial charge >= 0.3 is 6.09 Å². The number of likely N-dealkylation sites (tertiary alicyclic amines) is 1. The molecule has 4 aliphatic rings. The van der Waals surface area contributed by atoms with Gasteiger partial charge in [0, 0.05) is 63.0 Å². The zero-order chi connectivity index (χ0) is 23.8. The Morgan fingerprint density at radius 2 is 1.71 bits per heavy atom. The number of rotatable bonds is 5. The van der Waals surface area contributed by atoms with Crippen LogP contribution in [0.5, 0.6) is 5.75 Å². The maximum Gasteiger partial charge on any atom is 0.415 e. The molecule has 2 aromatic rings. The molecule has 1 spiro atoms. The number of nitrogens with zero attached hydrogens (tertiary/aromatic N) is 4. The lowest BCUT2D eigenvalue weighted by Gasteiger charge is -2.41. The van der Waals surface area contributed by atoms with E-state index in [1.807, 2.05) is 0 Å². The van der Waals surface area contributed by atoms with Gasteiger partial charge in [0.2, 0.25) is 5.95 Å². The second kappa shape index (κ2) is 9.30. The Bertz CT molecular complexity index is 1040. The maximum absolute atomic E-state index is 13.5. The van der Waals surface area contributed by atoms with Gasteiger partial charge in [-0.2, -0.15) is 4.39 Å². The van der Waals surface area contributed by atoms with Crippen molar-refractivity contribution in [3.63, 3.8) is 0 Å². The zero-order valence-corrected chi connectivity index (χ0v) is 20.1. The van der Waals surface area contributed by atoms with Crippen LogP contribution in [0.25, 0.3) is 0 Å². The van der Waals surface area contributed by atoms with Gasteiger partial charge in [0.25, 0.3) is 0 Å². The fourth-order valence-electron chi connectivity index (χ4n) is 5.85. The standard InChI is InChI=1S/C27H33FN4O3/c28-25-18-22(8-13-29-25)32-19-27(35-26(32)33)11-16-31(17-12-27)21-4-6-23(7-5-21)34-24-9-14-30(15-10-24)20-2-1-3-20/h4-8,13,18,20,24H,1-3,9-12,14-17,19H2. The van der Waals surface area contributed by atoms with Gasteiger partial charge in [0.15, 0.2) is 0 Å². The number of aromatic nitrogens is 1. The first-order valence-electron chi connectivity index (χ1n) is 12.9. The Hall–Kier alpha value is -2.87. The summed E-state index contributed by atoms with van der Waals surface area (Å²) in [6, 6.07) is 12.2. The number of halogens is 1. The molecular weight excluding hydrogens is 447 g/mol. The second-order valence-corrected chi connectivity index (χ2v) is 10.4. The minimum atomic E-state index is -0.599. The van der Waals surface area contributed by atoms with Gasteiger partial charge < -0.3 is 19.3 Å². The molecule has 1 saturated carbocycles. The quantitative estimate of drug-likeness (QED) is 0.583. The molecule has 7 nitrogen and oxygen atoms in total. The van der Waals surface area contributed by atoms with E-state index in [9.17, 15) is 9.18 Å². The van der Waals surface area contributed by atoms with Gasteiger partial charge in [-0.15, -0.1) is 0 Å². The third kappa shape index (κ3) is 4.68. The predicted molar refractivity (Wildman–Crippen MR) is 132 cm³/mol. The van der Waals surface area contributed by atoms with Crippen LogP contribution in [-0.2, 0) is 4.74 Å². The molecule has 35 heavy (non-hydrogen) atoms. The molecule has 1 amide bonds. The highest BCUT2D eigenvalue weighted by Gasteiger charge is 2.47. The maximum atomic E-state index is 13.5. The number of benzene rings is 1. The number of amides is 1. The average molecular weight is 481 g/mol. The number of carbonyl (C=O) groups is 1. The molecule has 0 N–H and O–H groups in total. The van der Waals surface area contributed by atoms with E-state index in [0.29, 0.717) is 18.3 Å². The van der Waals surface area contributed by atoms with Crippen LogP contribution in [0, 0.1) is 5.95 Å². The van der Waals surface area contributed by atoms with Crippen molar-refractivity contribution < 1.29 is 18.7 Å². The van der Waals surface area contributed by atoms with E-state index in [1.54, 1.807) is 6.07 Å². The van der Waals surface area contributed by atoms with Gasteiger partial charge in [-0.05, 0) is 56.0 Å². The van der Waals surface area contributed by atoms with E-state index in [-0.39, 0.29) is 0 Å². The van der Waals surface area contributed by atoms with E-state index >= 15 is 0 Å². The highest BCUT2D eigenvalue weighted by atomic mass is 19.1. The number of anilines is 2. The van der Waals surface area contributed by atoms with Gasteiger partial charge in [0.1, 0.15) is 17.5 Å². The number of piperidine rings is 2. The summed E-state index contributed by atoms with van der Waals surface area (Å²) < 4.78 is 25.6. The lowest BCUT2D eigenvalue weighted by Crippen LogP contribution is -2.47. The molecule has 1 aromatic carbocycles. The van der Waals surface area contributed by atoms with Gasteiger partial charge in [-0.3, -0.25) is 4.90 Å². The number of hydrogen-bond acceptors (Lipinski definition) is 6. The molecule has 0 radical (unpaired) electrons. The first-order valence-corrected chi connectivity index (χ1v) is 12.9. The number of pyridine rings is 1. The van der Waals surface area contributed by atoms with Crippen molar-refractivity contribution in [2.24, 2.45) is 0 Å². The van der Waals surface area contributed by atoms with Crippen LogP contribution in [0.4, 0.5) is 20.6 Å². The number of hydrogen-bond donors (Lipinski definition) is 0. The highest BCUT2D eigenvalue weighted by molar-refractivity contribution is 5.90. The topological polar surface area (TPSA) is 58.1 Å². The average Bonchev–Trinajstić information content (AvgIpc) is 3.16. The minimum Gasteiger partial charge on any atom is -0.490 e. The van der Waals surface area contributed by atoms with Gasteiger partial charge in [0.05, 0.1) is 12.2 Å². The van der Waals surface area contributed by atoms with Crippen molar-refractivity contribution in [1.82, 2.24) is 9.88 Å². The first-order chi connectivity index (χ1) is 17.1. The molecule has 1 aliphatic carbocycles. The Morgan fingerprint density at radius 3 is 2.37 bits per heavy atom. The Morgan fingerprint density at radius 1 is 0.971 bits per heavy atom. The van der Waals surface area contributed by atoms with E-state index in [1.165, 1.54) is 36.4 Å². The second-order valence-electron chi connectivity index (χ2n) is 10.4. The monoisotopic (exact) mass is 480 g/mol. The van der Waals surface area contributed by atoms with Crippen molar-refractivity contribution in [3.8, 4) is 5.75 Å². The smallest absolute Gasteiger partial charge is 0.415 e. The number of carbonyl (C=O) groups excluding carboxylic acids is 1. The lowest BCUT2D eigenvalue weighted by atomic mass is 9.90. The molecular formula is C27H33FN4O3. The largest absolute Gasteiger partial charge is 0.490 e. The molecule has 0 bridgehead atoms. The Balaban J connectivity index is 1.01. The summed E-state index contributed by atoms with van der Waals surface area (Å²) in [5.74, 6) is 0.340. The first kappa shape index (κ1) is 22.6. The fraction of sp³-hybridized carbons (Fsp3) is 0.556. The summed E-state index contributed by atoms with van der Waals surface area (Å²) >= 11 is 0. The van der Waals surface area contributed by atoms with Crippen LogP contribution in [-0.4, -0.2) is 66.4 Å². The molecule has 0 unspecified atom stereocenters. The van der Waals surface area contributed by atoms with Crippen LogP contribution in [0.1, 0.15) is 44.9 Å². The zero-order valence-electron chi connectivity index (χ0n) is 20.1. The van der Waals surface area contributed by atoms with E-state index in [0.717, 1.165) is 69.3 Å². The van der Waals surface area contributed by atoms with Crippen molar-refractivity contribution in [2.75, 3.05) is 42.5 Å². The van der Waals surface area contributed by atoms with Crippen LogP contribution >= 0.6 is 0 Å². The van der Waals surface area contributed by atoms with Crippen LogP contribution in [0.2, 0.25) is 0 Å². The molecule has 186 valence electrons. The van der Waals surface area contributed by atoms with E-state index in [2.05, 4.69) is 39.0 Å². The van der Waals surface area contributed by atoms with Gasteiger partial charge in [-0.25, -0.2) is 9.78 Å². The molecule has 0 atom stereocenters. The van der Waals surface area contributed by atoms with Crippen LogP contribution in [0.15, 0.2) is 42.6 Å². The molecule has 6 rings (SSSR count). The number of ether oxygens (including phenoxy) is 2. The minimum absolute atomic E-state index is 0.306. The van der Waals surface area contributed by atoms with Crippen LogP contribution in [0.3, 0.4) is 0 Å². The molecule has 8 heteroatoms. The summed E-state index contributed by atoms with van der Waals surface area (Å²) in [7, 11) is 0. The summed E-state index contributed by atoms with van der Waals surface area (Å²) in [5.41, 5.74) is 1.13. The van der Waals surface area contributed by atoms with Crippen molar-refractivity contribution in [2.45, 2.75) is 62.7 Å². The van der Waals surface area contributed by atoms with Crippen molar-refractivity contribution in [3.05, 3.63) is 48.5 Å².